The topological polar surface area (TPSA) is 52.0 Å². The van der Waals surface area contributed by atoms with Crippen molar-refractivity contribution in [2.75, 3.05) is 0 Å². The molecule has 0 saturated heterocycles. The predicted molar refractivity (Wildman–Crippen MR) is 56.4 cm³/mol. The Balaban J connectivity index is 0.000000354. The van der Waals surface area contributed by atoms with Crippen LogP contribution in [-0.2, 0) is 6.42 Å². The Labute approximate surface area is 78.6 Å². The van der Waals surface area contributed by atoms with E-state index in [1.54, 1.807) is 0 Å². The predicted octanol–water partition coefficient (Wildman–Crippen LogP) is 2.11. The summed E-state index contributed by atoms with van der Waals surface area (Å²) in [6.45, 7) is 2.20. The molecule has 0 atom stereocenters. The van der Waals surface area contributed by atoms with Crippen LogP contribution in [0.25, 0.3) is 0 Å². The first-order valence-corrected chi connectivity index (χ1v) is 4.89. The number of nitrogens with two attached hydrogens (primary N) is 2. The molecule has 0 bridgehead atoms. The highest BCUT2D eigenvalue weighted by molar-refractivity contribution is 7.94. The van der Waals surface area contributed by atoms with Crippen LogP contribution < -0.4 is 10.3 Å². The third-order valence-corrected chi connectivity index (χ3v) is 1.38. The number of rotatable bonds is 2. The fraction of sp³-hybridized carbons (Fsp3) is 0.333. The molecule has 0 fully saturated rings. The first-order chi connectivity index (χ1) is 5.85. The van der Waals surface area contributed by atoms with Crippen LogP contribution >= 0.6 is 12.1 Å². The summed E-state index contributed by atoms with van der Waals surface area (Å²) in [5, 5.41) is 9.08. The zero-order valence-electron chi connectivity index (χ0n) is 7.36. The van der Waals surface area contributed by atoms with Crippen LogP contribution in [0.1, 0.15) is 18.9 Å². The van der Waals surface area contributed by atoms with Crippen molar-refractivity contribution in [1.29, 1.82) is 0 Å². The quantitative estimate of drug-likeness (QED) is 0.692. The summed E-state index contributed by atoms with van der Waals surface area (Å²) in [6, 6.07) is 10.6. The van der Waals surface area contributed by atoms with Gasteiger partial charge < -0.3 is 0 Å². The Kier molecular flexibility index (Phi) is 8.22. The van der Waals surface area contributed by atoms with Gasteiger partial charge >= 0.3 is 0 Å². The van der Waals surface area contributed by atoms with Gasteiger partial charge in [-0.3, -0.25) is 10.3 Å². The summed E-state index contributed by atoms with van der Waals surface area (Å²) in [5.41, 5.74) is 1.44. The lowest BCUT2D eigenvalue weighted by molar-refractivity contribution is 0.922. The molecule has 0 aliphatic carbocycles. The minimum atomic E-state index is 0.750. The number of hydrogen-bond acceptors (Lipinski definition) is 3. The maximum atomic E-state index is 4.54. The van der Waals surface area contributed by atoms with E-state index in [4.69, 9.17) is 0 Å². The molecule has 4 N–H and O–H groups in total. The highest BCUT2D eigenvalue weighted by atomic mass is 32.2. The van der Waals surface area contributed by atoms with Crippen LogP contribution in [0.2, 0.25) is 0 Å². The van der Waals surface area contributed by atoms with Crippen LogP contribution in [0.3, 0.4) is 0 Å². The van der Waals surface area contributed by atoms with Gasteiger partial charge in [-0.2, -0.15) is 0 Å². The van der Waals surface area contributed by atoms with Crippen molar-refractivity contribution in [2.24, 2.45) is 10.3 Å². The third-order valence-electron chi connectivity index (χ3n) is 1.38. The molecule has 0 heterocycles. The zero-order valence-corrected chi connectivity index (χ0v) is 8.18. The van der Waals surface area contributed by atoms with Crippen LogP contribution in [-0.4, -0.2) is 0 Å². The van der Waals surface area contributed by atoms with Crippen molar-refractivity contribution in [1.82, 2.24) is 0 Å². The molecule has 1 aromatic carbocycles. The van der Waals surface area contributed by atoms with Gasteiger partial charge in [0.1, 0.15) is 0 Å². The molecular formula is C9H16N2S. The van der Waals surface area contributed by atoms with E-state index >= 15 is 0 Å². The summed E-state index contributed by atoms with van der Waals surface area (Å²) in [7, 11) is 0. The van der Waals surface area contributed by atoms with Crippen molar-refractivity contribution < 1.29 is 0 Å². The first kappa shape index (κ1) is 11.5. The van der Waals surface area contributed by atoms with Gasteiger partial charge in [0, 0.05) is 0 Å². The lowest BCUT2D eigenvalue weighted by Crippen LogP contribution is -1.83. The van der Waals surface area contributed by atoms with Crippen molar-refractivity contribution in [3.63, 3.8) is 0 Å². The fourth-order valence-electron chi connectivity index (χ4n) is 0.933. The summed E-state index contributed by atoms with van der Waals surface area (Å²) in [4.78, 5) is 0. The molecule has 1 rings (SSSR count). The Bertz CT molecular complexity index is 177. The van der Waals surface area contributed by atoms with Crippen molar-refractivity contribution >= 4 is 12.1 Å². The van der Waals surface area contributed by atoms with Crippen molar-refractivity contribution in [3.8, 4) is 0 Å². The molecule has 68 valence electrons. The minimum absolute atomic E-state index is 0.750. The Morgan fingerprint density at radius 3 is 2.08 bits per heavy atom. The van der Waals surface area contributed by atoms with E-state index in [9.17, 15) is 0 Å². The standard InChI is InChI=1S/C9H12.H4N2S/c1-2-6-9-7-4-3-5-8-9;1-3-2/h3-5,7-8H,2,6H2,1H3;1-2H2. The van der Waals surface area contributed by atoms with Crippen LogP contribution in [0.5, 0.6) is 0 Å². The third kappa shape index (κ3) is 6.22. The van der Waals surface area contributed by atoms with Gasteiger partial charge in [0.2, 0.25) is 0 Å². The van der Waals surface area contributed by atoms with E-state index in [1.165, 1.54) is 18.4 Å². The summed E-state index contributed by atoms with van der Waals surface area (Å²) in [6.07, 6.45) is 2.45. The van der Waals surface area contributed by atoms with Gasteiger partial charge in [0.25, 0.3) is 0 Å². The molecule has 0 aliphatic heterocycles. The van der Waals surface area contributed by atoms with Gasteiger partial charge in [0.15, 0.2) is 0 Å². The molecule has 0 saturated carbocycles. The van der Waals surface area contributed by atoms with E-state index in [-0.39, 0.29) is 0 Å². The van der Waals surface area contributed by atoms with E-state index in [2.05, 4.69) is 47.5 Å². The van der Waals surface area contributed by atoms with Gasteiger partial charge in [-0.05, 0) is 24.1 Å². The van der Waals surface area contributed by atoms with Crippen LogP contribution in [0, 0.1) is 0 Å². The second-order valence-corrected chi connectivity index (χ2v) is 2.64. The summed E-state index contributed by atoms with van der Waals surface area (Å²) < 4.78 is 0. The van der Waals surface area contributed by atoms with E-state index in [0.29, 0.717) is 0 Å². The van der Waals surface area contributed by atoms with Crippen molar-refractivity contribution in [2.45, 2.75) is 19.8 Å². The molecule has 1 aromatic rings. The molecule has 0 amide bonds. The summed E-state index contributed by atoms with van der Waals surface area (Å²) >= 11 is 0.750. The second-order valence-electron chi connectivity index (χ2n) is 2.37. The van der Waals surface area contributed by atoms with Gasteiger partial charge in [-0.15, -0.1) is 0 Å². The largest absolute Gasteiger partial charge is 0.265 e. The number of benzene rings is 1. The molecule has 12 heavy (non-hydrogen) atoms. The summed E-state index contributed by atoms with van der Waals surface area (Å²) in [5.74, 6) is 0. The molecule has 0 radical (unpaired) electrons. The lowest BCUT2D eigenvalue weighted by Gasteiger charge is -1.93. The first-order valence-electron chi connectivity index (χ1n) is 3.94. The number of hydrogen-bond donors (Lipinski definition) is 2. The average molecular weight is 184 g/mol. The van der Waals surface area contributed by atoms with E-state index < -0.39 is 0 Å². The zero-order chi connectivity index (χ0) is 9.23. The molecule has 0 aliphatic rings. The molecular weight excluding hydrogens is 168 g/mol. The van der Waals surface area contributed by atoms with Gasteiger partial charge in [-0.1, -0.05) is 43.7 Å². The second kappa shape index (κ2) is 8.59. The minimum Gasteiger partial charge on any atom is -0.265 e. The van der Waals surface area contributed by atoms with E-state index in [0.717, 1.165) is 12.1 Å². The molecule has 3 heteroatoms. The maximum Gasteiger partial charge on any atom is -0.00297 e. The monoisotopic (exact) mass is 184 g/mol. The highest BCUT2D eigenvalue weighted by Gasteiger charge is 1.84. The Morgan fingerprint density at radius 1 is 1.17 bits per heavy atom. The molecule has 0 spiro atoms. The lowest BCUT2D eigenvalue weighted by atomic mass is 10.1. The Hall–Kier alpha value is -0.510. The SMILES string of the molecule is CCCc1ccccc1.NSN. The average Bonchev–Trinajstić information content (AvgIpc) is 2.08. The number of aryl methyl sites for hydroxylation is 1. The maximum absolute atomic E-state index is 4.54. The smallest absolute Gasteiger partial charge is 0.00297 e. The van der Waals surface area contributed by atoms with E-state index in [1.807, 2.05) is 0 Å². The molecule has 2 nitrogen and oxygen atoms in total. The Morgan fingerprint density at radius 2 is 1.67 bits per heavy atom. The normalized spacial score (nSPS) is 8.58. The van der Waals surface area contributed by atoms with Gasteiger partial charge in [0.05, 0.1) is 0 Å². The fourth-order valence-corrected chi connectivity index (χ4v) is 0.933. The van der Waals surface area contributed by atoms with Crippen LogP contribution in [0.4, 0.5) is 0 Å². The van der Waals surface area contributed by atoms with Gasteiger partial charge in [-0.25, -0.2) is 0 Å². The molecule has 0 aromatic heterocycles. The van der Waals surface area contributed by atoms with Crippen LogP contribution in [0.15, 0.2) is 30.3 Å². The highest BCUT2D eigenvalue weighted by Crippen LogP contribution is 2.00. The van der Waals surface area contributed by atoms with Crippen molar-refractivity contribution in [3.05, 3.63) is 35.9 Å². The molecule has 0 unspecified atom stereocenters.